The van der Waals surface area contributed by atoms with E-state index in [1.54, 1.807) is 11.8 Å². The third-order valence-electron chi connectivity index (χ3n) is 3.11. The maximum Gasteiger partial charge on any atom is 0.407 e. The zero-order valence-corrected chi connectivity index (χ0v) is 14.3. The number of hydrogen-bond donors (Lipinski definition) is 1. The largest absolute Gasteiger partial charge is 0.464 e. The van der Waals surface area contributed by atoms with E-state index in [9.17, 15) is 9.59 Å². The van der Waals surface area contributed by atoms with E-state index in [1.165, 1.54) is 32.8 Å². The molecular weight excluding hydrogens is 290 g/mol. The predicted molar refractivity (Wildman–Crippen MR) is 86.7 cm³/mol. The molecule has 1 atom stereocenters. The number of amides is 1. The molecule has 5 nitrogen and oxygen atoms in total. The van der Waals surface area contributed by atoms with Gasteiger partial charge in [0.15, 0.2) is 0 Å². The summed E-state index contributed by atoms with van der Waals surface area (Å²) in [5, 5.41) is 2.52. The molecule has 0 heterocycles. The van der Waals surface area contributed by atoms with Gasteiger partial charge in [-0.25, -0.2) is 9.59 Å². The van der Waals surface area contributed by atoms with Gasteiger partial charge >= 0.3 is 12.1 Å². The highest BCUT2D eigenvalue weighted by Gasteiger charge is 2.21. The summed E-state index contributed by atoms with van der Waals surface area (Å²) in [4.78, 5) is 23.2. The van der Waals surface area contributed by atoms with Crippen molar-refractivity contribution < 1.29 is 19.1 Å². The molecule has 21 heavy (non-hydrogen) atoms. The van der Waals surface area contributed by atoms with Crippen molar-refractivity contribution in [3.05, 3.63) is 0 Å². The smallest absolute Gasteiger partial charge is 0.407 e. The lowest BCUT2D eigenvalue weighted by Crippen LogP contribution is -2.42. The van der Waals surface area contributed by atoms with Crippen molar-refractivity contribution in [2.45, 2.75) is 57.9 Å². The highest BCUT2D eigenvalue weighted by Crippen LogP contribution is 2.07. The Balaban J connectivity index is 3.90. The number of unbranched alkanes of at least 4 members (excludes halogenated alkanes) is 5. The van der Waals surface area contributed by atoms with Crippen LogP contribution in [-0.4, -0.2) is 43.8 Å². The van der Waals surface area contributed by atoms with Gasteiger partial charge in [0.2, 0.25) is 0 Å². The molecule has 0 aliphatic rings. The highest BCUT2D eigenvalue weighted by atomic mass is 32.2. The summed E-state index contributed by atoms with van der Waals surface area (Å²) in [7, 11) is 1.28. The summed E-state index contributed by atoms with van der Waals surface area (Å²) in [5.74, 6) is 0.406. The van der Waals surface area contributed by atoms with E-state index in [1.807, 2.05) is 6.26 Å². The second-order valence-electron chi connectivity index (χ2n) is 4.91. The van der Waals surface area contributed by atoms with Gasteiger partial charge in [-0.1, -0.05) is 39.0 Å². The molecule has 0 aromatic carbocycles. The van der Waals surface area contributed by atoms with Crippen LogP contribution in [0.3, 0.4) is 0 Å². The number of nitrogens with one attached hydrogen (secondary N) is 1. The maximum absolute atomic E-state index is 11.9. The Bertz CT molecular complexity index is 287. The molecule has 0 aliphatic carbocycles. The zero-order chi connectivity index (χ0) is 15.9. The fraction of sp³-hybridized carbons (Fsp3) is 0.867. The van der Waals surface area contributed by atoms with Crippen molar-refractivity contribution in [3.63, 3.8) is 0 Å². The molecular formula is C15H29NO4S. The Morgan fingerprint density at radius 1 is 1.14 bits per heavy atom. The third kappa shape index (κ3) is 11.4. The van der Waals surface area contributed by atoms with Gasteiger partial charge in [-0.2, -0.15) is 11.8 Å². The lowest BCUT2D eigenvalue weighted by Gasteiger charge is -2.16. The van der Waals surface area contributed by atoms with Crippen LogP contribution < -0.4 is 5.32 Å². The van der Waals surface area contributed by atoms with Crippen molar-refractivity contribution >= 4 is 23.8 Å². The number of esters is 1. The molecule has 0 spiro atoms. The average molecular weight is 319 g/mol. The van der Waals surface area contributed by atoms with Crippen molar-refractivity contribution in [2.24, 2.45) is 0 Å². The van der Waals surface area contributed by atoms with Crippen LogP contribution in [-0.2, 0) is 14.3 Å². The van der Waals surface area contributed by atoms with Crippen LogP contribution in [0, 0.1) is 0 Å². The van der Waals surface area contributed by atoms with Crippen LogP contribution >= 0.6 is 11.8 Å². The van der Waals surface area contributed by atoms with Gasteiger partial charge in [-0.15, -0.1) is 0 Å². The molecule has 0 aromatic rings. The van der Waals surface area contributed by atoms with E-state index in [4.69, 9.17) is 4.74 Å². The van der Waals surface area contributed by atoms with Gasteiger partial charge in [0.25, 0.3) is 0 Å². The van der Waals surface area contributed by atoms with Crippen LogP contribution in [0.1, 0.15) is 51.9 Å². The fourth-order valence-corrected chi connectivity index (χ4v) is 2.31. The van der Waals surface area contributed by atoms with E-state index < -0.39 is 12.1 Å². The minimum Gasteiger partial charge on any atom is -0.464 e. The van der Waals surface area contributed by atoms with Crippen molar-refractivity contribution in [2.75, 3.05) is 25.7 Å². The summed E-state index contributed by atoms with van der Waals surface area (Å²) in [6.45, 7) is 2.61. The molecule has 1 N–H and O–H groups in total. The van der Waals surface area contributed by atoms with E-state index in [2.05, 4.69) is 17.0 Å². The Morgan fingerprint density at radius 2 is 1.81 bits per heavy atom. The van der Waals surface area contributed by atoms with E-state index in [0.29, 0.717) is 13.0 Å². The normalized spacial score (nSPS) is 11.8. The van der Waals surface area contributed by atoms with Gasteiger partial charge in [0, 0.05) is 0 Å². The molecule has 0 unspecified atom stereocenters. The standard InChI is InChI=1S/C15H29NO4S/c1-4-5-6-7-8-9-11-20-14(17)13(10-12-21-3)16-15(18)19-2/h13H,4-12H2,1-3H3,(H,16,18)/t13-/m0/s1. The molecule has 1 amide bonds. The Labute approximate surface area is 132 Å². The summed E-state index contributed by atoms with van der Waals surface area (Å²) in [6, 6.07) is -0.620. The number of ether oxygens (including phenoxy) is 2. The predicted octanol–water partition coefficient (Wildman–Crippen LogP) is 3.37. The topological polar surface area (TPSA) is 64.6 Å². The first-order valence-corrected chi connectivity index (χ1v) is 9.05. The first-order valence-electron chi connectivity index (χ1n) is 7.65. The second kappa shape index (κ2) is 14.0. The third-order valence-corrected chi connectivity index (χ3v) is 3.76. The Kier molecular flexibility index (Phi) is 13.4. The maximum atomic E-state index is 11.9. The lowest BCUT2D eigenvalue weighted by atomic mass is 10.1. The van der Waals surface area contributed by atoms with E-state index in [-0.39, 0.29) is 5.97 Å². The number of alkyl carbamates (subject to hydrolysis) is 1. The van der Waals surface area contributed by atoms with E-state index in [0.717, 1.165) is 18.6 Å². The minimum atomic E-state index is -0.620. The van der Waals surface area contributed by atoms with E-state index >= 15 is 0 Å². The van der Waals surface area contributed by atoms with Gasteiger partial charge in [-0.05, 0) is 24.9 Å². The number of methoxy groups -OCH3 is 1. The van der Waals surface area contributed by atoms with Crippen molar-refractivity contribution in [1.82, 2.24) is 5.32 Å². The SMILES string of the molecule is CCCCCCCCOC(=O)[C@H](CCSC)NC(=O)OC. The molecule has 0 saturated carbocycles. The lowest BCUT2D eigenvalue weighted by molar-refractivity contribution is -0.146. The van der Waals surface area contributed by atoms with Crippen LogP contribution in [0.5, 0.6) is 0 Å². The fourth-order valence-electron chi connectivity index (χ4n) is 1.84. The average Bonchev–Trinajstić information content (AvgIpc) is 2.49. The molecule has 6 heteroatoms. The van der Waals surface area contributed by atoms with Crippen molar-refractivity contribution in [1.29, 1.82) is 0 Å². The monoisotopic (exact) mass is 319 g/mol. The molecule has 0 aromatic heterocycles. The van der Waals surface area contributed by atoms with Crippen LogP contribution in [0.4, 0.5) is 4.79 Å². The first-order chi connectivity index (χ1) is 10.2. The minimum absolute atomic E-state index is 0.372. The number of carbonyl (C=O) groups excluding carboxylic acids is 2. The number of thioether (sulfide) groups is 1. The molecule has 0 radical (unpaired) electrons. The molecule has 0 rings (SSSR count). The summed E-state index contributed by atoms with van der Waals surface area (Å²) < 4.78 is 9.76. The molecule has 0 fully saturated rings. The highest BCUT2D eigenvalue weighted by molar-refractivity contribution is 7.98. The second-order valence-corrected chi connectivity index (χ2v) is 5.89. The quantitative estimate of drug-likeness (QED) is 0.441. The number of hydrogen-bond acceptors (Lipinski definition) is 5. The van der Waals surface area contributed by atoms with Gasteiger partial charge in [-0.3, -0.25) is 0 Å². The molecule has 124 valence electrons. The molecule has 0 saturated heterocycles. The Hall–Kier alpha value is -0.910. The van der Waals surface area contributed by atoms with Gasteiger partial charge < -0.3 is 14.8 Å². The van der Waals surface area contributed by atoms with Crippen LogP contribution in [0.2, 0.25) is 0 Å². The number of rotatable bonds is 12. The summed E-state index contributed by atoms with van der Waals surface area (Å²) in [6.07, 6.45) is 8.77. The Morgan fingerprint density at radius 3 is 2.43 bits per heavy atom. The van der Waals surface area contributed by atoms with Crippen LogP contribution in [0.15, 0.2) is 0 Å². The van der Waals surface area contributed by atoms with Crippen LogP contribution in [0.25, 0.3) is 0 Å². The molecule has 0 aliphatic heterocycles. The summed E-state index contributed by atoms with van der Waals surface area (Å²) >= 11 is 1.62. The summed E-state index contributed by atoms with van der Waals surface area (Å²) in [5.41, 5.74) is 0. The molecule has 0 bridgehead atoms. The number of carbonyl (C=O) groups is 2. The zero-order valence-electron chi connectivity index (χ0n) is 13.5. The van der Waals surface area contributed by atoms with Gasteiger partial charge in [0.1, 0.15) is 6.04 Å². The van der Waals surface area contributed by atoms with Gasteiger partial charge in [0.05, 0.1) is 13.7 Å². The first kappa shape index (κ1) is 20.1. The van der Waals surface area contributed by atoms with Crippen molar-refractivity contribution in [3.8, 4) is 0 Å².